The molecule has 134 valence electrons. The number of esters is 1. The summed E-state index contributed by atoms with van der Waals surface area (Å²) in [6, 6.07) is 13.6. The average Bonchev–Trinajstić information content (AvgIpc) is 3.16. The van der Waals surface area contributed by atoms with Gasteiger partial charge in [-0.2, -0.15) is 0 Å². The normalized spacial score (nSPS) is 11.9. The summed E-state index contributed by atoms with van der Waals surface area (Å²) in [6.45, 7) is 4.31. The molecule has 1 atom stereocenters. The van der Waals surface area contributed by atoms with Crippen molar-refractivity contribution in [2.75, 3.05) is 5.73 Å². The first kappa shape index (κ1) is 17.7. The average molecular weight is 349 g/mol. The SMILES string of the molecule is Cc1cc(-n2ccnc2)ccc1COC(=O)CC(C)c1ccc(N)cc1. The summed E-state index contributed by atoms with van der Waals surface area (Å²) in [5, 5.41) is 0. The van der Waals surface area contributed by atoms with Gasteiger partial charge in [-0.05, 0) is 53.8 Å². The van der Waals surface area contributed by atoms with E-state index in [2.05, 4.69) is 11.1 Å². The van der Waals surface area contributed by atoms with Gasteiger partial charge in [0.2, 0.25) is 0 Å². The maximum atomic E-state index is 12.2. The Balaban J connectivity index is 1.56. The van der Waals surface area contributed by atoms with Gasteiger partial charge in [0.05, 0.1) is 12.7 Å². The first-order valence-corrected chi connectivity index (χ1v) is 8.62. The zero-order valence-corrected chi connectivity index (χ0v) is 15.1. The summed E-state index contributed by atoms with van der Waals surface area (Å²) in [4.78, 5) is 16.2. The van der Waals surface area contributed by atoms with E-state index in [-0.39, 0.29) is 18.5 Å². The molecular weight excluding hydrogens is 326 g/mol. The molecule has 1 heterocycles. The number of nitrogen functional groups attached to an aromatic ring is 1. The van der Waals surface area contributed by atoms with Crippen molar-refractivity contribution in [3.05, 3.63) is 77.9 Å². The zero-order chi connectivity index (χ0) is 18.5. The number of nitrogens with two attached hydrogens (primary N) is 1. The van der Waals surface area contributed by atoms with Crippen molar-refractivity contribution in [3.63, 3.8) is 0 Å². The first-order chi connectivity index (χ1) is 12.5. The van der Waals surface area contributed by atoms with Crippen molar-refractivity contribution < 1.29 is 9.53 Å². The number of carbonyl (C=O) groups is 1. The van der Waals surface area contributed by atoms with E-state index in [1.807, 2.05) is 61.0 Å². The molecule has 5 nitrogen and oxygen atoms in total. The van der Waals surface area contributed by atoms with Crippen LogP contribution in [0.25, 0.3) is 5.69 Å². The Morgan fingerprint density at radius 3 is 2.65 bits per heavy atom. The van der Waals surface area contributed by atoms with Crippen LogP contribution >= 0.6 is 0 Å². The minimum absolute atomic E-state index is 0.0906. The quantitative estimate of drug-likeness (QED) is 0.539. The molecule has 2 aromatic carbocycles. The zero-order valence-electron chi connectivity index (χ0n) is 15.1. The summed E-state index contributed by atoms with van der Waals surface area (Å²) in [5.41, 5.74) is 10.6. The lowest BCUT2D eigenvalue weighted by Gasteiger charge is -2.13. The van der Waals surface area contributed by atoms with Crippen molar-refractivity contribution in [2.24, 2.45) is 0 Å². The lowest BCUT2D eigenvalue weighted by molar-refractivity contribution is -0.145. The monoisotopic (exact) mass is 349 g/mol. The highest BCUT2D eigenvalue weighted by atomic mass is 16.5. The minimum Gasteiger partial charge on any atom is -0.461 e. The Kier molecular flexibility index (Phi) is 5.37. The number of aryl methyl sites for hydroxylation is 1. The summed E-state index contributed by atoms with van der Waals surface area (Å²) in [6.07, 6.45) is 5.74. The molecule has 3 rings (SSSR count). The van der Waals surface area contributed by atoms with Crippen LogP contribution in [-0.2, 0) is 16.1 Å². The van der Waals surface area contributed by atoms with Crippen LogP contribution in [0.4, 0.5) is 5.69 Å². The maximum absolute atomic E-state index is 12.2. The molecule has 3 aromatic rings. The Bertz CT molecular complexity index is 871. The minimum atomic E-state index is -0.201. The third-order valence-corrected chi connectivity index (χ3v) is 4.50. The summed E-state index contributed by atoms with van der Waals surface area (Å²) in [7, 11) is 0. The van der Waals surface area contributed by atoms with Crippen molar-refractivity contribution in [1.82, 2.24) is 9.55 Å². The van der Waals surface area contributed by atoms with Gasteiger partial charge < -0.3 is 15.0 Å². The molecule has 0 fully saturated rings. The molecule has 0 aliphatic carbocycles. The van der Waals surface area contributed by atoms with E-state index in [1.165, 1.54) is 0 Å². The molecule has 0 saturated carbocycles. The second-order valence-electron chi connectivity index (χ2n) is 6.51. The molecule has 0 amide bonds. The fourth-order valence-electron chi connectivity index (χ4n) is 2.82. The van der Waals surface area contributed by atoms with Gasteiger partial charge in [0.1, 0.15) is 6.61 Å². The molecular formula is C21H23N3O2. The number of benzene rings is 2. The molecule has 0 radical (unpaired) electrons. The van der Waals surface area contributed by atoms with E-state index in [0.717, 1.165) is 28.1 Å². The van der Waals surface area contributed by atoms with E-state index < -0.39 is 0 Å². The van der Waals surface area contributed by atoms with Gasteiger partial charge in [0, 0.05) is 23.8 Å². The van der Waals surface area contributed by atoms with Crippen molar-refractivity contribution in [1.29, 1.82) is 0 Å². The van der Waals surface area contributed by atoms with E-state index in [1.54, 1.807) is 12.5 Å². The highest BCUT2D eigenvalue weighted by molar-refractivity contribution is 5.70. The fourth-order valence-corrected chi connectivity index (χ4v) is 2.82. The van der Waals surface area contributed by atoms with Crippen LogP contribution in [0.15, 0.2) is 61.2 Å². The predicted molar refractivity (Wildman–Crippen MR) is 102 cm³/mol. The third kappa shape index (κ3) is 4.30. The summed E-state index contributed by atoms with van der Waals surface area (Å²) >= 11 is 0. The lowest BCUT2D eigenvalue weighted by atomic mass is 9.98. The van der Waals surface area contributed by atoms with Gasteiger partial charge in [-0.3, -0.25) is 4.79 Å². The lowest BCUT2D eigenvalue weighted by Crippen LogP contribution is -2.09. The van der Waals surface area contributed by atoms with E-state index in [0.29, 0.717) is 6.42 Å². The van der Waals surface area contributed by atoms with Crippen LogP contribution in [0.3, 0.4) is 0 Å². The number of imidazole rings is 1. The highest BCUT2D eigenvalue weighted by Gasteiger charge is 2.13. The number of aromatic nitrogens is 2. The number of nitrogens with zero attached hydrogens (tertiary/aromatic N) is 2. The van der Waals surface area contributed by atoms with Gasteiger partial charge in [0.15, 0.2) is 0 Å². The number of anilines is 1. The predicted octanol–water partition coefficient (Wildman–Crippen LogP) is 4.00. The topological polar surface area (TPSA) is 70.1 Å². The number of hydrogen-bond acceptors (Lipinski definition) is 4. The summed E-state index contributed by atoms with van der Waals surface area (Å²) < 4.78 is 7.41. The van der Waals surface area contributed by atoms with Gasteiger partial charge in [-0.1, -0.05) is 25.1 Å². The smallest absolute Gasteiger partial charge is 0.306 e. The standard InChI is InChI=1S/C21H23N3O2/c1-15-11-20(24-10-9-23-14-24)8-5-18(15)13-26-21(25)12-16(2)17-3-6-19(22)7-4-17/h3-11,14,16H,12-13,22H2,1-2H3. The molecule has 26 heavy (non-hydrogen) atoms. The Morgan fingerprint density at radius 2 is 2.00 bits per heavy atom. The second kappa shape index (κ2) is 7.87. The van der Waals surface area contributed by atoms with Gasteiger partial charge >= 0.3 is 5.97 Å². The second-order valence-corrected chi connectivity index (χ2v) is 6.51. The number of rotatable bonds is 6. The largest absolute Gasteiger partial charge is 0.461 e. The van der Waals surface area contributed by atoms with E-state index in [9.17, 15) is 4.79 Å². The van der Waals surface area contributed by atoms with Crippen LogP contribution < -0.4 is 5.73 Å². The van der Waals surface area contributed by atoms with Crippen molar-refractivity contribution in [2.45, 2.75) is 32.8 Å². The third-order valence-electron chi connectivity index (χ3n) is 4.50. The number of hydrogen-bond donors (Lipinski definition) is 1. The van der Waals surface area contributed by atoms with Crippen LogP contribution in [0, 0.1) is 6.92 Å². The van der Waals surface area contributed by atoms with Crippen LogP contribution in [-0.4, -0.2) is 15.5 Å². The van der Waals surface area contributed by atoms with E-state index >= 15 is 0 Å². The van der Waals surface area contributed by atoms with Crippen LogP contribution in [0.1, 0.15) is 36.0 Å². The van der Waals surface area contributed by atoms with Gasteiger partial charge in [-0.25, -0.2) is 4.98 Å². The maximum Gasteiger partial charge on any atom is 0.306 e. The molecule has 0 aliphatic rings. The van der Waals surface area contributed by atoms with Gasteiger partial charge in [0.25, 0.3) is 0 Å². The fraction of sp³-hybridized carbons (Fsp3) is 0.238. The molecule has 1 aromatic heterocycles. The molecule has 1 unspecified atom stereocenters. The molecule has 0 spiro atoms. The Hall–Kier alpha value is -3.08. The van der Waals surface area contributed by atoms with Crippen molar-refractivity contribution >= 4 is 11.7 Å². The number of carbonyl (C=O) groups excluding carboxylic acids is 1. The highest BCUT2D eigenvalue weighted by Crippen LogP contribution is 2.21. The Morgan fingerprint density at radius 1 is 1.23 bits per heavy atom. The van der Waals surface area contributed by atoms with Crippen LogP contribution in [0.5, 0.6) is 0 Å². The molecule has 0 saturated heterocycles. The molecule has 0 bridgehead atoms. The van der Waals surface area contributed by atoms with E-state index in [4.69, 9.17) is 10.5 Å². The summed E-state index contributed by atoms with van der Waals surface area (Å²) in [5.74, 6) is -0.111. The molecule has 2 N–H and O–H groups in total. The van der Waals surface area contributed by atoms with Gasteiger partial charge in [-0.15, -0.1) is 0 Å². The van der Waals surface area contributed by atoms with Crippen LogP contribution in [0.2, 0.25) is 0 Å². The first-order valence-electron chi connectivity index (χ1n) is 8.62. The molecule has 0 aliphatic heterocycles. The Labute approximate surface area is 153 Å². The van der Waals surface area contributed by atoms with Crippen molar-refractivity contribution in [3.8, 4) is 5.69 Å². The number of ether oxygens (including phenoxy) is 1. The molecule has 5 heteroatoms.